The Kier molecular flexibility index (Phi) is 6.01. The van der Waals surface area contributed by atoms with Gasteiger partial charge in [-0.3, -0.25) is 4.79 Å². The van der Waals surface area contributed by atoms with Gasteiger partial charge in [0.15, 0.2) is 0 Å². The van der Waals surface area contributed by atoms with Gasteiger partial charge in [-0.2, -0.15) is 47.9 Å². The summed E-state index contributed by atoms with van der Waals surface area (Å²) >= 11 is 0. The molecule has 0 aromatic heterocycles. The number of hydrogen-bond acceptors (Lipinski definition) is 4. The fourth-order valence-electron chi connectivity index (χ4n) is 6.08. The first kappa shape index (κ1) is 27.1. The molecule has 202 valence electrons. The lowest BCUT2D eigenvalue weighted by Crippen LogP contribution is -2.63. The first-order valence-corrected chi connectivity index (χ1v) is 12.5. The van der Waals surface area contributed by atoms with Crippen LogP contribution in [0.15, 0.2) is 18.2 Å². The molecule has 4 nitrogen and oxygen atoms in total. The lowest BCUT2D eigenvalue weighted by Gasteiger charge is -2.48. The highest BCUT2D eigenvalue weighted by molar-refractivity contribution is 7.88. The third kappa shape index (κ3) is 3.64. The minimum absolute atomic E-state index is 0.0281. The Bertz CT molecular complexity index is 1180. The summed E-state index contributed by atoms with van der Waals surface area (Å²) in [5.41, 5.74) is 0.760. The number of alkyl halides is 9. The number of hydrogen-bond donors (Lipinski definition) is 0. The van der Waals surface area contributed by atoms with Crippen molar-refractivity contribution < 1.29 is 56.9 Å². The average molecular weight is 552 g/mol. The van der Waals surface area contributed by atoms with Gasteiger partial charge in [-0.05, 0) is 73.1 Å². The molecule has 1 aromatic rings. The molecule has 1 aromatic carbocycles. The fraction of sp³-hybridized carbons (Fsp3) is 0.682. The van der Waals surface area contributed by atoms with Crippen LogP contribution in [0.4, 0.5) is 39.5 Å². The molecule has 0 heterocycles. The Balaban J connectivity index is 1.60. The molecular weight excluding hydrogens is 531 g/mol. The summed E-state index contributed by atoms with van der Waals surface area (Å²) in [4.78, 5) is 12.4. The van der Waals surface area contributed by atoms with E-state index in [1.54, 1.807) is 0 Å². The summed E-state index contributed by atoms with van der Waals surface area (Å²) < 4.78 is 146. The molecule has 4 rings (SSSR count). The van der Waals surface area contributed by atoms with Gasteiger partial charge in [-0.15, -0.1) is 0 Å². The summed E-state index contributed by atoms with van der Waals surface area (Å²) in [6, 6.07) is 3.19. The maximum absolute atomic E-state index is 14.0. The molecule has 0 spiro atoms. The van der Waals surface area contributed by atoms with Gasteiger partial charge in [-0.25, -0.2) is 0 Å². The summed E-state index contributed by atoms with van der Waals surface area (Å²) in [5.74, 6) is -15.2. The summed E-state index contributed by atoms with van der Waals surface area (Å²) in [6.07, 6.45) is -3.80. The fourth-order valence-corrected chi connectivity index (χ4v) is 6.98. The number of Topliss-reactive ketones (excluding diaryl/α,β-unsaturated/α-hetero) is 1. The van der Waals surface area contributed by atoms with Gasteiger partial charge in [0.25, 0.3) is 0 Å². The van der Waals surface area contributed by atoms with Crippen LogP contribution in [-0.4, -0.2) is 37.5 Å². The van der Waals surface area contributed by atoms with Crippen molar-refractivity contribution in [1.29, 1.82) is 0 Å². The second-order valence-corrected chi connectivity index (χ2v) is 11.5. The van der Waals surface area contributed by atoms with Gasteiger partial charge in [-0.1, -0.05) is 13.0 Å². The second kappa shape index (κ2) is 8.00. The molecule has 0 radical (unpaired) electrons. The van der Waals surface area contributed by atoms with Crippen LogP contribution in [0.5, 0.6) is 5.75 Å². The molecule has 0 unspecified atom stereocenters. The quantitative estimate of drug-likeness (QED) is 0.320. The molecule has 0 bridgehead atoms. The topological polar surface area (TPSA) is 60.4 Å². The zero-order chi connectivity index (χ0) is 27.1. The molecule has 2 saturated carbocycles. The smallest absolute Gasteiger partial charge is 0.378 e. The van der Waals surface area contributed by atoms with Crippen molar-refractivity contribution in [2.75, 3.05) is 0 Å². The first-order valence-electron chi connectivity index (χ1n) is 11.1. The van der Waals surface area contributed by atoms with E-state index in [9.17, 15) is 52.7 Å². The van der Waals surface area contributed by atoms with Crippen LogP contribution in [0.2, 0.25) is 0 Å². The Morgan fingerprint density at radius 2 is 1.56 bits per heavy atom. The van der Waals surface area contributed by atoms with Crippen LogP contribution in [0.1, 0.15) is 56.1 Å². The van der Waals surface area contributed by atoms with Gasteiger partial charge in [0.05, 0.1) is 0 Å². The van der Waals surface area contributed by atoms with Crippen LogP contribution in [0.25, 0.3) is 0 Å². The number of aryl methyl sites for hydroxylation is 1. The van der Waals surface area contributed by atoms with E-state index in [2.05, 4.69) is 4.18 Å². The summed E-state index contributed by atoms with van der Waals surface area (Å²) in [6.45, 7) is 1.94. The lowest BCUT2D eigenvalue weighted by atomic mass is 9.55. The van der Waals surface area contributed by atoms with Gasteiger partial charge >= 0.3 is 33.4 Å². The van der Waals surface area contributed by atoms with Crippen molar-refractivity contribution in [2.24, 2.45) is 17.3 Å². The van der Waals surface area contributed by atoms with Crippen molar-refractivity contribution in [3.63, 3.8) is 0 Å². The van der Waals surface area contributed by atoms with E-state index in [1.165, 1.54) is 6.07 Å². The minimum atomic E-state index is -7.36. The van der Waals surface area contributed by atoms with Gasteiger partial charge in [0.2, 0.25) is 0 Å². The van der Waals surface area contributed by atoms with E-state index in [1.807, 2.05) is 6.92 Å². The Morgan fingerprint density at radius 3 is 2.17 bits per heavy atom. The van der Waals surface area contributed by atoms with Crippen LogP contribution >= 0.6 is 0 Å². The number of rotatable bonds is 5. The molecule has 0 aliphatic heterocycles. The van der Waals surface area contributed by atoms with Crippen LogP contribution in [0, 0.1) is 17.3 Å². The average Bonchev–Trinajstić information content (AvgIpc) is 3.06. The van der Waals surface area contributed by atoms with Crippen molar-refractivity contribution in [1.82, 2.24) is 0 Å². The second-order valence-electron chi connectivity index (χ2n) is 9.89. The van der Waals surface area contributed by atoms with Crippen molar-refractivity contribution in [3.8, 4) is 5.75 Å². The highest BCUT2D eigenvalue weighted by Crippen LogP contribution is 2.60. The van der Waals surface area contributed by atoms with E-state index >= 15 is 0 Å². The largest absolute Gasteiger partial charge is 0.460 e. The predicted molar refractivity (Wildman–Crippen MR) is 107 cm³/mol. The zero-order valence-corrected chi connectivity index (χ0v) is 19.5. The number of ketones is 1. The zero-order valence-electron chi connectivity index (χ0n) is 18.6. The molecule has 14 heteroatoms. The molecule has 3 aliphatic carbocycles. The van der Waals surface area contributed by atoms with Crippen LogP contribution in [-0.2, 0) is 21.3 Å². The minimum Gasteiger partial charge on any atom is -0.378 e. The third-order valence-corrected chi connectivity index (χ3v) is 9.34. The molecule has 0 saturated heterocycles. The highest BCUT2D eigenvalue weighted by Gasteiger charge is 2.86. The Labute approximate surface area is 200 Å². The SMILES string of the molecule is C[C@]12CC[C@@H]3c4ccc(OS(=O)(=O)C(F)(F)C(F)(F)C(F)(F)C(F)(F)F)cc4CC[C@H]3[C@@H]1CCC2=O. The summed E-state index contributed by atoms with van der Waals surface area (Å²) in [7, 11) is -6.99. The number of halogens is 9. The Hall–Kier alpha value is -1.99. The predicted octanol–water partition coefficient (Wildman–Crippen LogP) is 6.25. The maximum Gasteiger partial charge on any atom is 0.460 e. The van der Waals surface area contributed by atoms with E-state index < -0.39 is 44.6 Å². The molecule has 36 heavy (non-hydrogen) atoms. The lowest BCUT2D eigenvalue weighted by molar-refractivity contribution is -0.382. The molecule has 3 aliphatic rings. The third-order valence-electron chi connectivity index (χ3n) is 8.04. The Morgan fingerprint density at radius 1 is 0.917 bits per heavy atom. The van der Waals surface area contributed by atoms with E-state index in [0.29, 0.717) is 37.7 Å². The van der Waals surface area contributed by atoms with Crippen LogP contribution < -0.4 is 4.18 Å². The van der Waals surface area contributed by atoms with Gasteiger partial charge < -0.3 is 4.18 Å². The van der Waals surface area contributed by atoms with Crippen LogP contribution in [0.3, 0.4) is 0 Å². The monoisotopic (exact) mass is 552 g/mol. The molecule has 0 amide bonds. The number of carbonyl (C=O) groups is 1. The highest BCUT2D eigenvalue weighted by atomic mass is 32.2. The standard InChI is InChI=1S/C22H21F9O4S/c1-18-9-8-14-13-5-3-12(10-11(13)2-4-15(14)16(18)6-7-17(18)32)35-36(33,34)22(30,31)20(25,26)19(23,24)21(27,28)29/h3,5,10,14-16H,2,4,6-9H2,1H3/t14-,15-,16+,18+/m1/s1. The maximum atomic E-state index is 14.0. The first-order chi connectivity index (χ1) is 16.3. The molecule has 4 atom stereocenters. The molecule has 0 N–H and O–H groups in total. The number of fused-ring (bicyclic) bond motifs is 5. The van der Waals surface area contributed by atoms with Crippen molar-refractivity contribution in [2.45, 2.75) is 74.6 Å². The number of carbonyl (C=O) groups excluding carboxylic acids is 1. The van der Waals surface area contributed by atoms with E-state index in [0.717, 1.165) is 24.1 Å². The number of benzene rings is 1. The molecule has 2 fully saturated rings. The van der Waals surface area contributed by atoms with E-state index in [4.69, 9.17) is 0 Å². The van der Waals surface area contributed by atoms with Crippen molar-refractivity contribution >= 4 is 15.9 Å². The normalized spacial score (nSPS) is 29.4. The van der Waals surface area contributed by atoms with Gasteiger partial charge in [0.1, 0.15) is 11.5 Å². The molecular formula is C22H21F9O4S. The summed E-state index contributed by atoms with van der Waals surface area (Å²) in [5, 5.41) is -6.91. The van der Waals surface area contributed by atoms with Crippen molar-refractivity contribution in [3.05, 3.63) is 29.3 Å². The van der Waals surface area contributed by atoms with Gasteiger partial charge in [0, 0.05) is 11.8 Å². The van der Waals surface area contributed by atoms with E-state index in [-0.39, 0.29) is 23.5 Å².